The molecule has 6 nitrogen and oxygen atoms in total. The van der Waals surface area contributed by atoms with Crippen molar-refractivity contribution in [2.75, 3.05) is 0 Å². The molecule has 0 saturated carbocycles. The van der Waals surface area contributed by atoms with Crippen molar-refractivity contribution in [1.29, 1.82) is 0 Å². The third-order valence-corrected chi connectivity index (χ3v) is 5.33. The standard InChI is InChI=1S/C20H14Cl2N4O2S/c21-15-5-7-16(8-6-15)28-12-13-1-3-14(4-2-13)19(27)25-23-11-17-18(22)24-20-26(17)9-10-29-20/h1-11H,12H2,(H,25,27)/b23-11+. The molecule has 29 heavy (non-hydrogen) atoms. The lowest BCUT2D eigenvalue weighted by Crippen LogP contribution is -2.17. The smallest absolute Gasteiger partial charge is 0.271 e. The molecule has 0 bridgehead atoms. The first-order valence-corrected chi connectivity index (χ1v) is 10.2. The van der Waals surface area contributed by atoms with Gasteiger partial charge in [0.15, 0.2) is 10.1 Å². The van der Waals surface area contributed by atoms with E-state index >= 15 is 0 Å². The Morgan fingerprint density at radius 2 is 1.93 bits per heavy atom. The van der Waals surface area contributed by atoms with Gasteiger partial charge in [-0.05, 0) is 42.0 Å². The van der Waals surface area contributed by atoms with E-state index in [0.29, 0.717) is 28.0 Å². The quantitative estimate of drug-likeness (QED) is 0.334. The number of ether oxygens (including phenoxy) is 1. The minimum absolute atomic E-state index is 0.325. The van der Waals surface area contributed by atoms with Gasteiger partial charge >= 0.3 is 0 Å². The summed E-state index contributed by atoms with van der Waals surface area (Å²) in [5.41, 5.74) is 4.52. The highest BCUT2D eigenvalue weighted by atomic mass is 35.5. The number of fused-ring (bicyclic) bond motifs is 1. The van der Waals surface area contributed by atoms with Gasteiger partial charge in [0.25, 0.3) is 5.91 Å². The molecule has 1 N–H and O–H groups in total. The van der Waals surface area contributed by atoms with Gasteiger partial charge < -0.3 is 4.74 Å². The fourth-order valence-corrected chi connectivity index (χ4v) is 3.68. The van der Waals surface area contributed by atoms with Crippen LogP contribution in [0.1, 0.15) is 21.6 Å². The normalized spacial score (nSPS) is 11.2. The molecule has 2 aromatic carbocycles. The van der Waals surface area contributed by atoms with Crippen molar-refractivity contribution in [3.8, 4) is 5.75 Å². The Morgan fingerprint density at radius 1 is 1.17 bits per heavy atom. The van der Waals surface area contributed by atoms with Crippen molar-refractivity contribution >= 4 is 51.6 Å². The van der Waals surface area contributed by atoms with Crippen molar-refractivity contribution in [1.82, 2.24) is 14.8 Å². The molecule has 0 atom stereocenters. The molecule has 0 fully saturated rings. The van der Waals surface area contributed by atoms with Crippen molar-refractivity contribution in [3.05, 3.63) is 87.1 Å². The van der Waals surface area contributed by atoms with Crippen LogP contribution in [0.2, 0.25) is 10.2 Å². The summed E-state index contributed by atoms with van der Waals surface area (Å²) in [6.07, 6.45) is 3.31. The summed E-state index contributed by atoms with van der Waals surface area (Å²) >= 11 is 13.4. The van der Waals surface area contributed by atoms with Gasteiger partial charge in [0.05, 0.1) is 6.21 Å². The number of carbonyl (C=O) groups excluding carboxylic acids is 1. The zero-order valence-electron chi connectivity index (χ0n) is 14.9. The van der Waals surface area contributed by atoms with E-state index < -0.39 is 0 Å². The number of rotatable bonds is 6. The van der Waals surface area contributed by atoms with E-state index in [1.165, 1.54) is 17.6 Å². The van der Waals surface area contributed by atoms with E-state index in [9.17, 15) is 4.79 Å². The maximum Gasteiger partial charge on any atom is 0.271 e. The van der Waals surface area contributed by atoms with Crippen molar-refractivity contribution in [2.45, 2.75) is 6.61 Å². The average Bonchev–Trinajstić information content (AvgIpc) is 3.29. The first-order valence-electron chi connectivity index (χ1n) is 8.52. The summed E-state index contributed by atoms with van der Waals surface area (Å²) in [5, 5.41) is 6.87. The first-order chi connectivity index (χ1) is 14.1. The van der Waals surface area contributed by atoms with Crippen molar-refractivity contribution in [2.24, 2.45) is 5.10 Å². The molecule has 9 heteroatoms. The zero-order chi connectivity index (χ0) is 20.2. The molecule has 0 spiro atoms. The molecule has 4 aromatic rings. The molecule has 0 aliphatic rings. The average molecular weight is 445 g/mol. The van der Waals surface area contributed by atoms with Gasteiger partial charge in [-0.25, -0.2) is 10.4 Å². The highest BCUT2D eigenvalue weighted by Gasteiger charge is 2.09. The second-order valence-corrected chi connectivity index (χ2v) is 7.65. The van der Waals surface area contributed by atoms with E-state index in [1.54, 1.807) is 40.8 Å². The molecule has 1 amide bonds. The van der Waals surface area contributed by atoms with Crippen LogP contribution in [0, 0.1) is 0 Å². The minimum atomic E-state index is -0.325. The summed E-state index contributed by atoms with van der Waals surface area (Å²) in [5.74, 6) is 0.400. The molecule has 4 rings (SSSR count). The lowest BCUT2D eigenvalue weighted by Gasteiger charge is -2.07. The number of hydrogen-bond donors (Lipinski definition) is 1. The van der Waals surface area contributed by atoms with Gasteiger partial charge in [-0.3, -0.25) is 9.20 Å². The van der Waals surface area contributed by atoms with Crippen LogP contribution in [0.5, 0.6) is 5.75 Å². The maximum atomic E-state index is 12.3. The topological polar surface area (TPSA) is 68.0 Å². The maximum absolute atomic E-state index is 12.3. The second kappa shape index (κ2) is 8.65. The van der Waals surface area contributed by atoms with Crippen LogP contribution in [0.3, 0.4) is 0 Å². The number of amides is 1. The lowest BCUT2D eigenvalue weighted by atomic mass is 10.1. The number of halogens is 2. The van der Waals surface area contributed by atoms with Gasteiger partial charge in [-0.15, -0.1) is 11.3 Å². The SMILES string of the molecule is O=C(N/N=C/c1c(Cl)nc2sccn12)c1ccc(COc2ccc(Cl)cc2)cc1. The third kappa shape index (κ3) is 4.59. The molecule has 2 heterocycles. The predicted molar refractivity (Wildman–Crippen MR) is 115 cm³/mol. The zero-order valence-corrected chi connectivity index (χ0v) is 17.2. The number of aromatic nitrogens is 2. The summed E-state index contributed by atoms with van der Waals surface area (Å²) < 4.78 is 7.49. The van der Waals surface area contributed by atoms with E-state index in [1.807, 2.05) is 23.7 Å². The number of thiazole rings is 1. The van der Waals surface area contributed by atoms with E-state index in [0.717, 1.165) is 16.3 Å². The molecule has 0 aliphatic carbocycles. The van der Waals surface area contributed by atoms with Crippen LogP contribution in [0.15, 0.2) is 65.2 Å². The summed E-state index contributed by atoms with van der Waals surface area (Å²) in [6.45, 7) is 0.387. The number of imidazole rings is 1. The number of benzene rings is 2. The van der Waals surface area contributed by atoms with Gasteiger partial charge in [0.1, 0.15) is 18.1 Å². The van der Waals surface area contributed by atoms with Gasteiger partial charge in [-0.2, -0.15) is 5.10 Å². The fourth-order valence-electron chi connectivity index (χ4n) is 2.56. The van der Waals surface area contributed by atoms with Crippen LogP contribution >= 0.6 is 34.5 Å². The number of hydrazone groups is 1. The van der Waals surface area contributed by atoms with Gasteiger partial charge in [0.2, 0.25) is 0 Å². The summed E-state index contributed by atoms with van der Waals surface area (Å²) in [6, 6.07) is 14.2. The van der Waals surface area contributed by atoms with Crippen LogP contribution in [-0.4, -0.2) is 21.5 Å². The Bertz CT molecular complexity index is 1170. The fraction of sp³-hybridized carbons (Fsp3) is 0.0500. The number of carbonyl (C=O) groups is 1. The molecule has 0 unspecified atom stereocenters. The highest BCUT2D eigenvalue weighted by molar-refractivity contribution is 7.15. The monoisotopic (exact) mass is 444 g/mol. The second-order valence-electron chi connectivity index (χ2n) is 5.98. The molecular weight excluding hydrogens is 431 g/mol. The minimum Gasteiger partial charge on any atom is -0.489 e. The molecule has 0 aliphatic heterocycles. The van der Waals surface area contributed by atoms with Crippen LogP contribution in [0.4, 0.5) is 0 Å². The third-order valence-electron chi connectivity index (χ3n) is 4.04. The Hall–Kier alpha value is -2.87. The predicted octanol–water partition coefficient (Wildman–Crippen LogP) is 5.05. The Morgan fingerprint density at radius 3 is 2.69 bits per heavy atom. The molecular formula is C20H14Cl2N4O2S. The van der Waals surface area contributed by atoms with Crippen molar-refractivity contribution < 1.29 is 9.53 Å². The van der Waals surface area contributed by atoms with E-state index in [2.05, 4.69) is 15.5 Å². The van der Waals surface area contributed by atoms with Crippen LogP contribution in [0.25, 0.3) is 4.96 Å². The summed E-state index contributed by atoms with van der Waals surface area (Å²) in [7, 11) is 0. The van der Waals surface area contributed by atoms with Crippen LogP contribution < -0.4 is 10.2 Å². The van der Waals surface area contributed by atoms with Gasteiger partial charge in [-0.1, -0.05) is 35.3 Å². The number of nitrogens with zero attached hydrogens (tertiary/aromatic N) is 3. The molecule has 0 radical (unpaired) electrons. The Balaban J connectivity index is 1.34. The largest absolute Gasteiger partial charge is 0.489 e. The van der Waals surface area contributed by atoms with Crippen molar-refractivity contribution in [3.63, 3.8) is 0 Å². The van der Waals surface area contributed by atoms with E-state index in [-0.39, 0.29) is 5.91 Å². The van der Waals surface area contributed by atoms with E-state index in [4.69, 9.17) is 27.9 Å². The molecule has 2 aromatic heterocycles. The Labute approximate surface area is 180 Å². The first kappa shape index (κ1) is 19.4. The number of nitrogens with one attached hydrogen (secondary N) is 1. The van der Waals surface area contributed by atoms with Gasteiger partial charge in [0, 0.05) is 22.2 Å². The number of hydrogen-bond acceptors (Lipinski definition) is 5. The lowest BCUT2D eigenvalue weighted by molar-refractivity contribution is 0.0955. The molecule has 0 saturated heterocycles. The highest BCUT2D eigenvalue weighted by Crippen LogP contribution is 2.20. The van der Waals surface area contributed by atoms with Crippen LogP contribution in [-0.2, 0) is 6.61 Å². The summed E-state index contributed by atoms with van der Waals surface area (Å²) in [4.78, 5) is 17.2. The molecule has 146 valence electrons. The Kier molecular flexibility index (Phi) is 5.80.